The Balaban J connectivity index is 2.01. The number of hydrogen-bond donors (Lipinski definition) is 2. The molecule has 2 aromatic rings. The van der Waals surface area contributed by atoms with Gasteiger partial charge in [0.2, 0.25) is 11.8 Å². The lowest BCUT2D eigenvalue weighted by atomic mass is 10.1. The smallest absolute Gasteiger partial charge is 0.270 e. The number of nitro groups is 2. The van der Waals surface area contributed by atoms with Crippen molar-refractivity contribution in [3.63, 3.8) is 0 Å². The molecule has 2 N–H and O–H groups in total. The number of nitrogens with one attached hydrogen (secondary N) is 2. The second-order valence-electron chi connectivity index (χ2n) is 9.01. The number of benzene rings is 2. The molecule has 0 fully saturated rings. The molecule has 38 heavy (non-hydrogen) atoms. The zero-order chi connectivity index (χ0) is 28.0. The van der Waals surface area contributed by atoms with Crippen LogP contribution < -0.4 is 20.1 Å². The summed E-state index contributed by atoms with van der Waals surface area (Å²) < 4.78 is 11.1. The van der Waals surface area contributed by atoms with Crippen LogP contribution in [-0.2, 0) is 35.8 Å². The van der Waals surface area contributed by atoms with Crippen LogP contribution in [0.25, 0.3) is 0 Å². The van der Waals surface area contributed by atoms with Crippen LogP contribution in [0.1, 0.15) is 22.3 Å². The normalized spacial score (nSPS) is 16.0. The molecule has 0 spiro atoms. The van der Waals surface area contributed by atoms with Gasteiger partial charge < -0.3 is 20.1 Å². The third-order valence-electron chi connectivity index (χ3n) is 5.94. The van der Waals surface area contributed by atoms with Crippen molar-refractivity contribution in [1.82, 2.24) is 20.4 Å². The van der Waals surface area contributed by atoms with E-state index < -0.39 is 9.85 Å². The monoisotopic (exact) mass is 530 g/mol. The van der Waals surface area contributed by atoms with Crippen LogP contribution in [-0.4, -0.2) is 72.9 Å². The molecule has 1 aliphatic heterocycles. The summed E-state index contributed by atoms with van der Waals surface area (Å²) in [5, 5.41) is 28.6. The highest BCUT2D eigenvalue weighted by molar-refractivity contribution is 5.79. The Kier molecular flexibility index (Phi) is 9.15. The minimum atomic E-state index is -0.552. The molecule has 0 radical (unpaired) electrons. The van der Waals surface area contributed by atoms with Crippen LogP contribution in [0.3, 0.4) is 0 Å². The van der Waals surface area contributed by atoms with Gasteiger partial charge in [0.25, 0.3) is 11.4 Å². The van der Waals surface area contributed by atoms with Crippen LogP contribution in [0.2, 0.25) is 0 Å². The van der Waals surface area contributed by atoms with Gasteiger partial charge in [-0.1, -0.05) is 0 Å². The molecule has 0 unspecified atom stereocenters. The second-order valence-corrected chi connectivity index (χ2v) is 9.01. The molecule has 0 saturated heterocycles. The average molecular weight is 531 g/mol. The number of carbonyl (C=O) groups excluding carboxylic acids is 2. The van der Waals surface area contributed by atoms with Gasteiger partial charge in [-0.3, -0.25) is 39.6 Å². The first-order valence-electron chi connectivity index (χ1n) is 11.6. The number of nitro benzene ring substituents is 2. The van der Waals surface area contributed by atoms with E-state index in [4.69, 9.17) is 9.47 Å². The molecule has 0 aromatic heterocycles. The van der Waals surface area contributed by atoms with Crippen molar-refractivity contribution in [3.8, 4) is 11.5 Å². The average Bonchev–Trinajstić information content (AvgIpc) is 2.84. The van der Waals surface area contributed by atoms with E-state index in [0.29, 0.717) is 33.8 Å². The Morgan fingerprint density at radius 3 is 1.37 bits per heavy atom. The maximum atomic E-state index is 12.7. The SMILES string of the molecule is COc1c2cc([N+](=O)[O-])cc1CNC(=O)CN(C)Cc1cc([N+](=O)[O-])cc(c1OC)CN(C)CC(=O)NC2. The van der Waals surface area contributed by atoms with Gasteiger partial charge in [-0.2, -0.15) is 0 Å². The summed E-state index contributed by atoms with van der Waals surface area (Å²) in [7, 11) is 6.22. The number of nitrogens with zero attached hydrogens (tertiary/aromatic N) is 4. The maximum Gasteiger partial charge on any atom is 0.270 e. The summed E-state index contributed by atoms with van der Waals surface area (Å²) in [6.45, 7) is 0.124. The lowest BCUT2D eigenvalue weighted by Crippen LogP contribution is -2.36. The van der Waals surface area contributed by atoms with Gasteiger partial charge in [0.15, 0.2) is 0 Å². The highest BCUT2D eigenvalue weighted by Crippen LogP contribution is 2.32. The Bertz CT molecular complexity index is 1180. The first-order valence-corrected chi connectivity index (χ1v) is 11.6. The molecular formula is C24H30N6O8. The fraction of sp³-hybridized carbons (Fsp3) is 0.417. The maximum absolute atomic E-state index is 12.7. The Morgan fingerprint density at radius 1 is 0.684 bits per heavy atom. The number of carbonyl (C=O) groups is 2. The van der Waals surface area contributed by atoms with Crippen molar-refractivity contribution in [2.75, 3.05) is 41.4 Å². The minimum Gasteiger partial charge on any atom is -0.496 e. The van der Waals surface area contributed by atoms with Gasteiger partial charge in [-0.15, -0.1) is 0 Å². The minimum absolute atomic E-state index is 0.0501. The van der Waals surface area contributed by atoms with Crippen LogP contribution in [0.4, 0.5) is 11.4 Å². The quantitative estimate of drug-likeness (QED) is 0.434. The molecule has 204 valence electrons. The molecule has 0 saturated carbocycles. The van der Waals surface area contributed by atoms with Crippen LogP contribution in [0.5, 0.6) is 11.5 Å². The number of methoxy groups -OCH3 is 2. The predicted molar refractivity (Wildman–Crippen MR) is 136 cm³/mol. The second kappa shape index (κ2) is 12.3. The van der Waals surface area contributed by atoms with Crippen molar-refractivity contribution in [2.45, 2.75) is 26.2 Å². The van der Waals surface area contributed by atoms with Crippen molar-refractivity contribution in [1.29, 1.82) is 0 Å². The van der Waals surface area contributed by atoms with Gasteiger partial charge in [-0.25, -0.2) is 0 Å². The molecule has 14 nitrogen and oxygen atoms in total. The number of ether oxygens (including phenoxy) is 2. The van der Waals surface area contributed by atoms with E-state index >= 15 is 0 Å². The fourth-order valence-electron chi connectivity index (χ4n) is 4.39. The molecule has 1 aliphatic rings. The summed E-state index contributed by atoms with van der Waals surface area (Å²) in [5.74, 6) is 0.0112. The van der Waals surface area contributed by atoms with Crippen molar-refractivity contribution in [3.05, 3.63) is 66.7 Å². The van der Waals surface area contributed by atoms with Gasteiger partial charge in [0, 0.05) is 72.7 Å². The topological polar surface area (TPSA) is 169 Å². The summed E-state index contributed by atoms with van der Waals surface area (Å²) in [4.78, 5) is 50.8. The number of likely N-dealkylation sites (N-methyl/N-ethyl adjacent to an activating group) is 2. The number of non-ortho nitro benzene ring substituents is 2. The predicted octanol–water partition coefficient (Wildman–Crippen LogP) is 1.33. The van der Waals surface area contributed by atoms with E-state index in [0.717, 1.165) is 0 Å². The Hall–Kier alpha value is -4.30. The van der Waals surface area contributed by atoms with Gasteiger partial charge in [0.05, 0.1) is 37.2 Å². The zero-order valence-corrected chi connectivity index (χ0v) is 21.6. The van der Waals surface area contributed by atoms with E-state index in [1.54, 1.807) is 23.9 Å². The van der Waals surface area contributed by atoms with Gasteiger partial charge in [-0.05, 0) is 14.1 Å². The third kappa shape index (κ3) is 6.92. The first-order chi connectivity index (χ1) is 18.0. The number of hydrogen-bond acceptors (Lipinski definition) is 10. The van der Waals surface area contributed by atoms with E-state index in [2.05, 4.69) is 10.6 Å². The van der Waals surface area contributed by atoms with Gasteiger partial charge in [0.1, 0.15) is 11.5 Å². The van der Waals surface area contributed by atoms with Crippen molar-refractivity contribution in [2.24, 2.45) is 0 Å². The number of fused-ring (bicyclic) bond motifs is 4. The summed E-state index contributed by atoms with van der Waals surface area (Å²) in [6.07, 6.45) is 0. The molecule has 14 heteroatoms. The van der Waals surface area contributed by atoms with E-state index in [1.807, 2.05) is 0 Å². The lowest BCUT2D eigenvalue weighted by molar-refractivity contribution is -0.385. The lowest BCUT2D eigenvalue weighted by Gasteiger charge is -2.23. The molecule has 2 amide bonds. The summed E-state index contributed by atoms with van der Waals surface area (Å²) in [6, 6.07) is 5.43. The molecule has 0 atom stereocenters. The fourth-order valence-corrected chi connectivity index (χ4v) is 4.39. The number of rotatable bonds is 4. The van der Waals surface area contributed by atoms with Crippen LogP contribution in [0.15, 0.2) is 24.3 Å². The molecule has 0 aliphatic carbocycles. The zero-order valence-electron chi connectivity index (χ0n) is 21.6. The van der Waals surface area contributed by atoms with Crippen LogP contribution in [0, 0.1) is 20.2 Å². The highest BCUT2D eigenvalue weighted by Gasteiger charge is 2.23. The standard InChI is InChI=1S/C24H30N6O8/c1-27-11-17-7-20(30(35)36)8-18(24(17)38-4)12-28(2)14-22(32)26-10-16-6-19(29(33)34)5-15(23(16)37-3)9-25-21(31)13-27/h5-8H,9-14H2,1-4H3,(H,25,31)(H,26,32). The van der Waals surface area contributed by atoms with Gasteiger partial charge >= 0.3 is 0 Å². The van der Waals surface area contributed by atoms with E-state index in [-0.39, 0.29) is 62.5 Å². The van der Waals surface area contributed by atoms with Crippen molar-refractivity contribution < 1.29 is 28.9 Å². The Morgan fingerprint density at radius 2 is 1.03 bits per heavy atom. The van der Waals surface area contributed by atoms with Crippen molar-refractivity contribution >= 4 is 23.2 Å². The molecule has 3 rings (SSSR count). The molecule has 1 heterocycles. The largest absolute Gasteiger partial charge is 0.496 e. The summed E-state index contributed by atoms with van der Waals surface area (Å²) >= 11 is 0. The molecule has 4 bridgehead atoms. The first kappa shape index (κ1) is 28.3. The molecule has 2 aromatic carbocycles. The number of amides is 2. The Labute approximate surface area is 218 Å². The highest BCUT2D eigenvalue weighted by atomic mass is 16.6. The molecular weight excluding hydrogens is 500 g/mol. The summed E-state index contributed by atoms with van der Waals surface area (Å²) in [5.41, 5.74) is 1.45. The third-order valence-corrected chi connectivity index (χ3v) is 5.94. The van der Waals surface area contributed by atoms with E-state index in [9.17, 15) is 29.8 Å². The van der Waals surface area contributed by atoms with Crippen LogP contribution >= 0.6 is 0 Å². The van der Waals surface area contributed by atoms with E-state index in [1.165, 1.54) is 38.5 Å².